The fourth-order valence-electron chi connectivity index (χ4n) is 1.26. The van der Waals surface area contributed by atoms with Crippen molar-refractivity contribution in [3.05, 3.63) is 24.1 Å². The predicted molar refractivity (Wildman–Crippen MR) is 65.2 cm³/mol. The molecule has 0 radical (unpaired) electrons. The van der Waals surface area contributed by atoms with Crippen molar-refractivity contribution in [1.29, 1.82) is 0 Å². The summed E-state index contributed by atoms with van der Waals surface area (Å²) in [6, 6.07) is 3.03. The molecular formula is C12H18FN3O. The molecule has 1 atom stereocenters. The first-order valence-corrected chi connectivity index (χ1v) is 5.77. The van der Waals surface area contributed by atoms with Gasteiger partial charge in [-0.3, -0.25) is 4.79 Å². The molecule has 4 nitrogen and oxygen atoms in total. The molecule has 2 N–H and O–H groups in total. The summed E-state index contributed by atoms with van der Waals surface area (Å²) in [7, 11) is 0. The first-order valence-electron chi connectivity index (χ1n) is 5.77. The highest BCUT2D eigenvalue weighted by atomic mass is 19.1. The number of carbonyl (C=O) groups excluding carboxylic acids is 1. The van der Waals surface area contributed by atoms with E-state index in [0.717, 1.165) is 6.42 Å². The van der Waals surface area contributed by atoms with E-state index in [1.807, 2.05) is 13.8 Å². The van der Waals surface area contributed by atoms with Gasteiger partial charge in [0, 0.05) is 25.2 Å². The van der Waals surface area contributed by atoms with Crippen molar-refractivity contribution in [2.45, 2.75) is 32.7 Å². The van der Waals surface area contributed by atoms with Gasteiger partial charge < -0.3 is 10.6 Å². The van der Waals surface area contributed by atoms with Crippen molar-refractivity contribution in [2.75, 3.05) is 11.9 Å². The highest BCUT2D eigenvalue weighted by Gasteiger charge is 2.06. The van der Waals surface area contributed by atoms with Gasteiger partial charge in [0.1, 0.15) is 0 Å². The highest BCUT2D eigenvalue weighted by Crippen LogP contribution is 2.07. The van der Waals surface area contributed by atoms with Crippen molar-refractivity contribution in [3.63, 3.8) is 0 Å². The number of anilines is 1. The van der Waals surface area contributed by atoms with Gasteiger partial charge in [-0.2, -0.15) is 0 Å². The molecular weight excluding hydrogens is 221 g/mol. The van der Waals surface area contributed by atoms with Crippen LogP contribution >= 0.6 is 0 Å². The number of nitrogens with one attached hydrogen (secondary N) is 2. The standard InChI is InChI=1S/C12H18FN3O/c1-3-9(2)16-11(17)6-8-15-12-10(13)5-4-7-14-12/h4-5,7,9H,3,6,8H2,1-2H3,(H,14,15)(H,16,17). The third kappa shape index (κ3) is 4.80. The zero-order chi connectivity index (χ0) is 12.7. The Morgan fingerprint density at radius 2 is 2.35 bits per heavy atom. The van der Waals surface area contributed by atoms with Gasteiger partial charge >= 0.3 is 0 Å². The number of halogens is 1. The van der Waals surface area contributed by atoms with E-state index in [2.05, 4.69) is 15.6 Å². The lowest BCUT2D eigenvalue weighted by Gasteiger charge is -2.11. The van der Waals surface area contributed by atoms with E-state index in [1.54, 1.807) is 0 Å². The molecule has 0 saturated heterocycles. The molecule has 0 aromatic carbocycles. The van der Waals surface area contributed by atoms with E-state index >= 15 is 0 Å². The fourth-order valence-corrected chi connectivity index (χ4v) is 1.26. The van der Waals surface area contributed by atoms with Gasteiger partial charge in [-0.25, -0.2) is 9.37 Å². The first-order chi connectivity index (χ1) is 8.13. The Labute approximate surface area is 101 Å². The van der Waals surface area contributed by atoms with Gasteiger partial charge in [0.2, 0.25) is 5.91 Å². The van der Waals surface area contributed by atoms with E-state index in [1.165, 1.54) is 18.3 Å². The van der Waals surface area contributed by atoms with Crippen LogP contribution in [0, 0.1) is 5.82 Å². The summed E-state index contributed by atoms with van der Waals surface area (Å²) in [5, 5.41) is 5.63. The molecule has 0 fully saturated rings. The van der Waals surface area contributed by atoms with Gasteiger partial charge in [0.05, 0.1) is 0 Å². The number of hydrogen-bond acceptors (Lipinski definition) is 3. The van der Waals surface area contributed by atoms with Crippen LogP contribution in [0.5, 0.6) is 0 Å². The van der Waals surface area contributed by atoms with Crippen LogP contribution in [0.1, 0.15) is 26.7 Å². The largest absolute Gasteiger partial charge is 0.367 e. The Kier molecular flexibility index (Phi) is 5.39. The molecule has 1 aromatic heterocycles. The summed E-state index contributed by atoms with van der Waals surface area (Å²) in [5.74, 6) is -0.262. The minimum absolute atomic E-state index is 0.0387. The zero-order valence-electron chi connectivity index (χ0n) is 10.2. The SMILES string of the molecule is CCC(C)NC(=O)CCNc1ncccc1F. The molecule has 0 saturated carbocycles. The van der Waals surface area contributed by atoms with Gasteiger partial charge in [0.15, 0.2) is 11.6 Å². The van der Waals surface area contributed by atoms with Crippen LogP contribution in [-0.4, -0.2) is 23.5 Å². The van der Waals surface area contributed by atoms with Gasteiger partial charge in [-0.15, -0.1) is 0 Å². The van der Waals surface area contributed by atoms with E-state index < -0.39 is 5.82 Å². The number of rotatable bonds is 6. The molecule has 0 bridgehead atoms. The van der Waals surface area contributed by atoms with Crippen molar-refractivity contribution in [3.8, 4) is 0 Å². The van der Waals surface area contributed by atoms with Crippen molar-refractivity contribution < 1.29 is 9.18 Å². The second-order valence-corrected chi connectivity index (χ2v) is 3.89. The normalized spacial score (nSPS) is 11.9. The maximum atomic E-state index is 13.2. The number of amides is 1. The number of aromatic nitrogens is 1. The Bertz CT molecular complexity index is 371. The van der Waals surface area contributed by atoms with Crippen molar-refractivity contribution in [1.82, 2.24) is 10.3 Å². The second kappa shape index (κ2) is 6.83. The average Bonchev–Trinajstić information content (AvgIpc) is 2.31. The number of carbonyl (C=O) groups is 1. The van der Waals surface area contributed by atoms with Gasteiger partial charge in [0.25, 0.3) is 0 Å². The monoisotopic (exact) mass is 239 g/mol. The van der Waals surface area contributed by atoms with Crippen LogP contribution in [0.3, 0.4) is 0 Å². The van der Waals surface area contributed by atoms with Crippen LogP contribution in [0.15, 0.2) is 18.3 Å². The molecule has 0 spiro atoms. The fraction of sp³-hybridized carbons (Fsp3) is 0.500. The van der Waals surface area contributed by atoms with Crippen LogP contribution in [-0.2, 0) is 4.79 Å². The van der Waals surface area contributed by atoms with E-state index in [0.29, 0.717) is 13.0 Å². The van der Waals surface area contributed by atoms with Crippen LogP contribution in [0.4, 0.5) is 10.2 Å². The second-order valence-electron chi connectivity index (χ2n) is 3.89. The molecule has 94 valence electrons. The summed E-state index contributed by atoms with van der Waals surface area (Å²) >= 11 is 0. The Balaban J connectivity index is 2.29. The third-order valence-electron chi connectivity index (χ3n) is 2.42. The summed E-state index contributed by atoms with van der Waals surface area (Å²) in [6.07, 6.45) is 2.71. The molecule has 1 amide bonds. The molecule has 1 aromatic rings. The molecule has 1 rings (SSSR count). The molecule has 0 aliphatic rings. The maximum Gasteiger partial charge on any atom is 0.221 e. The van der Waals surface area contributed by atoms with Crippen LogP contribution in [0.25, 0.3) is 0 Å². The highest BCUT2D eigenvalue weighted by molar-refractivity contribution is 5.76. The minimum Gasteiger partial charge on any atom is -0.367 e. The molecule has 17 heavy (non-hydrogen) atoms. The molecule has 5 heteroatoms. The minimum atomic E-state index is -0.408. The number of pyridine rings is 1. The van der Waals surface area contributed by atoms with Crippen molar-refractivity contribution in [2.24, 2.45) is 0 Å². The lowest BCUT2D eigenvalue weighted by molar-refractivity contribution is -0.121. The predicted octanol–water partition coefficient (Wildman–Crippen LogP) is 1.94. The Morgan fingerprint density at radius 1 is 1.59 bits per heavy atom. The van der Waals surface area contributed by atoms with Crippen LogP contribution < -0.4 is 10.6 Å². The van der Waals surface area contributed by atoms with Crippen molar-refractivity contribution >= 4 is 11.7 Å². The summed E-state index contributed by atoms with van der Waals surface area (Å²) in [4.78, 5) is 15.3. The average molecular weight is 239 g/mol. The van der Waals surface area contributed by atoms with Crippen LogP contribution in [0.2, 0.25) is 0 Å². The lowest BCUT2D eigenvalue weighted by Crippen LogP contribution is -2.33. The topological polar surface area (TPSA) is 54.0 Å². The summed E-state index contributed by atoms with van der Waals surface area (Å²) in [5.41, 5.74) is 0. The van der Waals surface area contributed by atoms with E-state index in [9.17, 15) is 9.18 Å². The number of nitrogens with zero attached hydrogens (tertiary/aromatic N) is 1. The van der Waals surface area contributed by atoms with Gasteiger partial charge in [-0.1, -0.05) is 6.92 Å². The molecule has 0 aliphatic carbocycles. The van der Waals surface area contributed by atoms with Gasteiger partial charge in [-0.05, 0) is 25.5 Å². The quantitative estimate of drug-likeness (QED) is 0.797. The van der Waals surface area contributed by atoms with E-state index in [4.69, 9.17) is 0 Å². The lowest BCUT2D eigenvalue weighted by atomic mass is 10.2. The smallest absolute Gasteiger partial charge is 0.221 e. The number of hydrogen-bond donors (Lipinski definition) is 2. The summed E-state index contributed by atoms with van der Waals surface area (Å²) in [6.45, 7) is 4.33. The molecule has 1 heterocycles. The Morgan fingerprint density at radius 3 is 3.00 bits per heavy atom. The zero-order valence-corrected chi connectivity index (χ0v) is 10.2. The summed E-state index contributed by atoms with van der Waals surface area (Å²) < 4.78 is 13.2. The molecule has 1 unspecified atom stereocenters. The Hall–Kier alpha value is -1.65. The maximum absolute atomic E-state index is 13.2. The molecule has 0 aliphatic heterocycles. The first kappa shape index (κ1) is 13.4. The van der Waals surface area contributed by atoms with E-state index in [-0.39, 0.29) is 17.8 Å². The third-order valence-corrected chi connectivity index (χ3v) is 2.42.